The van der Waals surface area contributed by atoms with E-state index in [4.69, 9.17) is 9.11 Å². The molecule has 0 amide bonds. The fraction of sp³-hybridized carbons (Fsp3) is 0. The van der Waals surface area contributed by atoms with E-state index in [9.17, 15) is 16.8 Å². The summed E-state index contributed by atoms with van der Waals surface area (Å²) in [5, 5.41) is 0. The van der Waals surface area contributed by atoms with Crippen LogP contribution in [0.4, 0.5) is 0 Å². The SMILES string of the molecule is O=S(=O)(O)[Te]S(=O)(=O)O.[Cd].[Hg]. The van der Waals surface area contributed by atoms with Gasteiger partial charge < -0.3 is 0 Å². The molecule has 0 atom stereocenters. The zero-order valence-electron chi connectivity index (χ0n) is 5.17. The van der Waals surface area contributed by atoms with E-state index in [1.165, 1.54) is 0 Å². The minimum atomic E-state index is -4.49. The first kappa shape index (κ1) is 19.1. The molecule has 0 aromatic carbocycles. The van der Waals surface area contributed by atoms with Crippen molar-refractivity contribution in [2.75, 3.05) is 0 Å². The van der Waals surface area contributed by atoms with E-state index in [0.29, 0.717) is 0 Å². The first-order valence-electron chi connectivity index (χ1n) is 1.37. The number of hydrogen-bond acceptors (Lipinski definition) is 4. The zero-order valence-corrected chi connectivity index (χ0v) is 18.7. The average Bonchev–Trinajstić information content (AvgIpc) is 1.14. The summed E-state index contributed by atoms with van der Waals surface area (Å²) in [5.74, 6) is 0. The van der Waals surface area contributed by atoms with Crippen LogP contribution in [0.5, 0.6) is 0 Å². The molecule has 6 nitrogen and oxygen atoms in total. The van der Waals surface area contributed by atoms with Crippen LogP contribution >= 0.6 is 0 Å². The molecule has 2 N–H and O–H groups in total. The van der Waals surface area contributed by atoms with Gasteiger partial charge in [-0.1, -0.05) is 0 Å². The second-order valence-corrected chi connectivity index (χ2v) is 13.9. The van der Waals surface area contributed by atoms with Crippen molar-refractivity contribution in [3.8, 4) is 0 Å². The van der Waals surface area contributed by atoms with Gasteiger partial charge >= 0.3 is 58.8 Å². The first-order chi connectivity index (χ1) is 3.71. The predicted octanol–water partition coefficient (Wildman–Crippen LogP) is -1.71. The summed E-state index contributed by atoms with van der Waals surface area (Å²) in [7, 11) is -8.98. The third-order valence-electron chi connectivity index (χ3n) is 0.172. The molecule has 0 aliphatic heterocycles. The van der Waals surface area contributed by atoms with E-state index >= 15 is 0 Å². The van der Waals surface area contributed by atoms with Gasteiger partial charge in [0.25, 0.3) is 0 Å². The van der Waals surface area contributed by atoms with E-state index in [0.717, 1.165) is 0 Å². The molecule has 0 fully saturated rings. The van der Waals surface area contributed by atoms with Gasteiger partial charge in [-0.25, -0.2) is 0 Å². The Morgan fingerprint density at radius 1 is 0.909 bits per heavy atom. The van der Waals surface area contributed by atoms with Crippen LogP contribution in [0.1, 0.15) is 0 Å². The van der Waals surface area contributed by atoms with Crippen LogP contribution in [-0.2, 0) is 69.7 Å². The van der Waals surface area contributed by atoms with Crippen LogP contribution in [0.15, 0.2) is 0 Å². The van der Waals surface area contributed by atoms with Crippen LogP contribution in [0.3, 0.4) is 0 Å². The van der Waals surface area contributed by atoms with Crippen LogP contribution in [0, 0.1) is 0 Å². The van der Waals surface area contributed by atoms with Crippen molar-refractivity contribution in [2.45, 2.75) is 0 Å². The summed E-state index contributed by atoms with van der Waals surface area (Å²) >= 11 is -2.78. The Balaban J connectivity index is -0.000000320. The van der Waals surface area contributed by atoms with Crippen LogP contribution in [0.2, 0.25) is 0 Å². The van der Waals surface area contributed by atoms with Gasteiger partial charge in [-0.2, -0.15) is 0 Å². The van der Waals surface area contributed by atoms with Crippen molar-refractivity contribution in [3.63, 3.8) is 0 Å². The van der Waals surface area contributed by atoms with Crippen molar-refractivity contribution in [1.82, 2.24) is 0 Å². The molecule has 0 spiro atoms. The zero-order chi connectivity index (χ0) is 7.71. The predicted molar refractivity (Wildman–Crippen MR) is 28.9 cm³/mol. The van der Waals surface area contributed by atoms with Gasteiger partial charge in [-0.05, 0) is 0 Å². The maximum Gasteiger partial charge on any atom is 0 e. The van der Waals surface area contributed by atoms with E-state index < -0.39 is 32.9 Å². The molecule has 11 heteroatoms. The maximum atomic E-state index is 9.72. The van der Waals surface area contributed by atoms with Gasteiger partial charge in [0, 0.05) is 55.0 Å². The second kappa shape index (κ2) is 6.85. The smallest absolute Gasteiger partial charge is 0 e. The molecule has 0 aromatic heterocycles. The third kappa shape index (κ3) is 19.1. The molecule has 0 saturated carbocycles. The molecule has 0 heterocycles. The van der Waals surface area contributed by atoms with E-state index in [1.54, 1.807) is 0 Å². The summed E-state index contributed by atoms with van der Waals surface area (Å²) in [6, 6.07) is 0. The average molecular weight is 603 g/mol. The van der Waals surface area contributed by atoms with Crippen molar-refractivity contribution >= 4 is 32.9 Å². The summed E-state index contributed by atoms with van der Waals surface area (Å²) < 4.78 is 54.6. The normalized spacial score (nSPS) is 11.1. The van der Waals surface area contributed by atoms with E-state index in [1.807, 2.05) is 0 Å². The number of hydrogen-bond donors (Lipinski definition) is 2. The Hall–Kier alpha value is 2.47. The molecule has 0 aliphatic carbocycles. The molecular weight excluding hydrogens is 601 g/mol. The monoisotopic (exact) mass is 608 g/mol. The van der Waals surface area contributed by atoms with Crippen LogP contribution in [-0.4, -0.2) is 44.1 Å². The van der Waals surface area contributed by atoms with Gasteiger partial charge in [-0.3, -0.25) is 0 Å². The van der Waals surface area contributed by atoms with E-state index in [2.05, 4.69) is 0 Å². The molecule has 60 valence electrons. The van der Waals surface area contributed by atoms with Crippen molar-refractivity contribution < 1.29 is 80.9 Å². The Morgan fingerprint density at radius 2 is 1.09 bits per heavy atom. The molecular formula is H2CdHgO6S2Te. The van der Waals surface area contributed by atoms with Crippen molar-refractivity contribution in [2.24, 2.45) is 0 Å². The van der Waals surface area contributed by atoms with Gasteiger partial charge in [0.05, 0.1) is 0 Å². The van der Waals surface area contributed by atoms with Gasteiger partial charge in [0.2, 0.25) is 0 Å². The first-order valence-corrected chi connectivity index (χ1v) is 9.80. The minimum Gasteiger partial charge on any atom is 0 e. The summed E-state index contributed by atoms with van der Waals surface area (Å²) in [4.78, 5) is 0. The Labute approximate surface area is 112 Å². The van der Waals surface area contributed by atoms with Gasteiger partial charge in [-0.15, -0.1) is 0 Å². The fourth-order valence-electron chi connectivity index (χ4n) is 0.109. The molecule has 0 aromatic rings. The summed E-state index contributed by atoms with van der Waals surface area (Å²) in [6.07, 6.45) is 0. The van der Waals surface area contributed by atoms with Crippen LogP contribution < -0.4 is 0 Å². The van der Waals surface area contributed by atoms with Gasteiger partial charge in [0.1, 0.15) is 0 Å². The molecule has 0 aliphatic rings. The quantitative estimate of drug-likeness (QED) is 0.288. The van der Waals surface area contributed by atoms with Crippen molar-refractivity contribution in [1.29, 1.82) is 0 Å². The van der Waals surface area contributed by atoms with Crippen molar-refractivity contribution in [3.05, 3.63) is 0 Å². The summed E-state index contributed by atoms with van der Waals surface area (Å²) in [5.41, 5.74) is 0. The maximum absolute atomic E-state index is 9.72. The molecule has 11 heavy (non-hydrogen) atoms. The second-order valence-electron chi connectivity index (χ2n) is 0.924. The molecule has 0 bridgehead atoms. The largest absolute Gasteiger partial charge is 0 e. The fourth-order valence-corrected chi connectivity index (χ4v) is 6.56. The van der Waals surface area contributed by atoms with Crippen LogP contribution in [0.25, 0.3) is 0 Å². The topological polar surface area (TPSA) is 109 Å². The molecule has 0 saturated heterocycles. The third-order valence-corrected chi connectivity index (χ3v) is 10.4. The molecule has 0 radical (unpaired) electrons. The Morgan fingerprint density at radius 3 is 1.09 bits per heavy atom. The number of rotatable bonds is 2. The molecule has 0 rings (SSSR count). The Bertz CT molecular complexity index is 246. The minimum absolute atomic E-state index is 0. The molecule has 0 unspecified atom stereocenters. The standard InChI is InChI=1S/Cd.Hg.H2O6S2Te/c;;1-7(2,3)9-8(4,5)6/h;;(H,1,2,3)(H,4,5,6). The Kier molecular flexibility index (Phi) is 11.9. The summed E-state index contributed by atoms with van der Waals surface area (Å²) in [6.45, 7) is 0. The van der Waals surface area contributed by atoms with E-state index in [-0.39, 0.29) is 55.0 Å². The van der Waals surface area contributed by atoms with Gasteiger partial charge in [0.15, 0.2) is 0 Å².